The predicted octanol–water partition coefficient (Wildman–Crippen LogP) is 9.35. The number of carbonyl (C=O) groups is 1. The third kappa shape index (κ3) is 4.28. The van der Waals surface area contributed by atoms with E-state index in [1.807, 2.05) is 72.8 Å². The molecule has 9 heteroatoms. The Bertz CT molecular complexity index is 2730. The number of carboxylic acids is 1. The maximum Gasteiger partial charge on any atom is 0.336 e. The first kappa shape index (κ1) is 29.0. The molecule has 0 radical (unpaired) electrons. The molecule has 0 saturated carbocycles. The highest BCUT2D eigenvalue weighted by Gasteiger charge is 2.33. The predicted molar refractivity (Wildman–Crippen MR) is 201 cm³/mol. The van der Waals surface area contributed by atoms with Gasteiger partial charge in [-0.3, -0.25) is 4.79 Å². The van der Waals surface area contributed by atoms with Crippen LogP contribution in [-0.2, 0) is 0 Å². The van der Waals surface area contributed by atoms with Gasteiger partial charge in [0.05, 0.1) is 16.7 Å². The van der Waals surface area contributed by atoms with Crippen molar-refractivity contribution in [3.63, 3.8) is 0 Å². The number of fused-ring (bicyclic) bond motifs is 2. The first-order valence-corrected chi connectivity index (χ1v) is 16.6. The standard InChI is InChI=1S/C42H28N4O5/c47-31-19-17-25-35(23-11-1-2-12-24(23)42(49)50)26-18-20-32(48)37(41-45-29-15-5-9-22-10-6-16-30(46-41)34(22)29)39(26)51-38(25)36(31)40-43-27-13-3-7-21-8-4-14-28(44-40)33(21)27/h1-20,40-41,43-47H,(H,49,50). The van der Waals surface area contributed by atoms with Crippen molar-refractivity contribution in [3.8, 4) is 28.2 Å². The maximum atomic E-state index is 14.0. The van der Waals surface area contributed by atoms with E-state index >= 15 is 0 Å². The minimum Gasteiger partial charge on any atom is -0.507 e. The van der Waals surface area contributed by atoms with Gasteiger partial charge in [0.25, 0.3) is 0 Å². The number of phenols is 1. The second-order valence-electron chi connectivity index (χ2n) is 12.9. The molecule has 3 aliphatic heterocycles. The number of rotatable bonds is 4. The summed E-state index contributed by atoms with van der Waals surface area (Å²) in [5, 5.41) is 40.8. The molecule has 0 aromatic heterocycles. The number of phenolic OH excluding ortho intramolecular Hbond substituents is 1. The molecule has 0 atom stereocenters. The zero-order chi connectivity index (χ0) is 34.4. The highest BCUT2D eigenvalue weighted by molar-refractivity contribution is 6.10. The molecule has 246 valence electrons. The molecule has 1 aliphatic carbocycles. The number of anilines is 4. The van der Waals surface area contributed by atoms with Gasteiger partial charge in [0.15, 0.2) is 5.43 Å². The molecule has 0 unspecified atom stereocenters. The van der Waals surface area contributed by atoms with Gasteiger partial charge in [0.2, 0.25) is 0 Å². The average Bonchev–Trinajstić information content (AvgIpc) is 3.14. The van der Waals surface area contributed by atoms with E-state index in [1.165, 1.54) is 6.07 Å². The van der Waals surface area contributed by atoms with E-state index in [9.17, 15) is 19.8 Å². The summed E-state index contributed by atoms with van der Waals surface area (Å²) in [6.07, 6.45) is -1.34. The van der Waals surface area contributed by atoms with Crippen LogP contribution < -0.4 is 26.7 Å². The minimum atomic E-state index is -1.09. The summed E-state index contributed by atoms with van der Waals surface area (Å²) in [5.41, 5.74) is 5.94. The number of aromatic hydroxyl groups is 1. The Kier molecular flexibility index (Phi) is 6.10. The van der Waals surface area contributed by atoms with Crippen molar-refractivity contribution in [2.24, 2.45) is 0 Å². The van der Waals surface area contributed by atoms with Gasteiger partial charge in [0, 0.05) is 50.0 Å². The van der Waals surface area contributed by atoms with Crippen molar-refractivity contribution in [1.29, 1.82) is 0 Å². The van der Waals surface area contributed by atoms with Gasteiger partial charge in [-0.25, -0.2) is 4.79 Å². The second-order valence-corrected chi connectivity index (χ2v) is 12.9. The maximum absolute atomic E-state index is 14.0. The molecule has 4 aliphatic rings. The van der Waals surface area contributed by atoms with Crippen LogP contribution in [-0.4, -0.2) is 16.2 Å². The molecule has 9 nitrogen and oxygen atoms in total. The molecular formula is C42H28N4O5. The Morgan fingerprint density at radius 2 is 1.14 bits per heavy atom. The molecule has 0 saturated heterocycles. The third-order valence-electron chi connectivity index (χ3n) is 10.1. The van der Waals surface area contributed by atoms with Gasteiger partial charge < -0.3 is 35.9 Å². The molecular weight excluding hydrogens is 640 g/mol. The fraction of sp³-hybridized carbons (Fsp3) is 0.0476. The Morgan fingerprint density at radius 1 is 0.588 bits per heavy atom. The van der Waals surface area contributed by atoms with Gasteiger partial charge in [-0.05, 0) is 70.9 Å². The molecule has 0 bridgehead atoms. The molecule has 10 rings (SSSR count). The number of aromatic carboxylic acids is 1. The summed E-state index contributed by atoms with van der Waals surface area (Å²) in [5.74, 6) is -0.853. The van der Waals surface area contributed by atoms with Crippen molar-refractivity contribution in [1.82, 2.24) is 0 Å². The summed E-state index contributed by atoms with van der Waals surface area (Å²) in [7, 11) is 0. The lowest BCUT2D eigenvalue weighted by Crippen LogP contribution is -2.29. The van der Waals surface area contributed by atoms with Crippen molar-refractivity contribution >= 4 is 61.2 Å². The Labute approximate surface area is 290 Å². The SMILES string of the molecule is O=C(O)c1ccccc1-c1c2ccc(=O)c(C3Nc4cccc5cccc(c45)N3)c-2oc2c(C3Nc4cccc5cccc(c45)N3)c(O)ccc12. The molecule has 6 aromatic rings. The van der Waals surface area contributed by atoms with Gasteiger partial charge in [0.1, 0.15) is 29.4 Å². The molecule has 0 fully saturated rings. The third-order valence-corrected chi connectivity index (χ3v) is 10.1. The van der Waals surface area contributed by atoms with Crippen molar-refractivity contribution in [2.75, 3.05) is 21.3 Å². The lowest BCUT2D eigenvalue weighted by atomic mass is 9.87. The lowest BCUT2D eigenvalue weighted by Gasteiger charge is -2.32. The van der Waals surface area contributed by atoms with Crippen LogP contribution >= 0.6 is 0 Å². The van der Waals surface area contributed by atoms with Crippen LogP contribution in [0.15, 0.2) is 131 Å². The fourth-order valence-electron chi connectivity index (χ4n) is 7.91. The van der Waals surface area contributed by atoms with Gasteiger partial charge in [-0.2, -0.15) is 0 Å². The summed E-state index contributed by atoms with van der Waals surface area (Å²) >= 11 is 0. The smallest absolute Gasteiger partial charge is 0.336 e. The summed E-state index contributed by atoms with van der Waals surface area (Å²) in [4.78, 5) is 26.7. The van der Waals surface area contributed by atoms with Crippen molar-refractivity contribution in [2.45, 2.75) is 12.3 Å². The monoisotopic (exact) mass is 668 g/mol. The highest BCUT2D eigenvalue weighted by atomic mass is 16.4. The van der Waals surface area contributed by atoms with Crippen molar-refractivity contribution < 1.29 is 19.4 Å². The van der Waals surface area contributed by atoms with E-state index in [0.717, 1.165) is 44.3 Å². The zero-order valence-corrected chi connectivity index (χ0v) is 26.8. The van der Waals surface area contributed by atoms with Crippen LogP contribution in [0.2, 0.25) is 0 Å². The number of carboxylic acid groups (broad SMARTS) is 1. The molecule has 6 N–H and O–H groups in total. The van der Waals surface area contributed by atoms with Crippen LogP contribution in [0.1, 0.15) is 33.8 Å². The van der Waals surface area contributed by atoms with E-state index in [0.29, 0.717) is 38.8 Å². The number of benzene rings is 7. The van der Waals surface area contributed by atoms with Crippen LogP contribution in [0, 0.1) is 0 Å². The first-order chi connectivity index (χ1) is 24.9. The van der Waals surface area contributed by atoms with Crippen LogP contribution in [0.5, 0.6) is 5.75 Å². The lowest BCUT2D eigenvalue weighted by molar-refractivity contribution is 0.0697. The van der Waals surface area contributed by atoms with E-state index in [4.69, 9.17) is 4.42 Å². The average molecular weight is 669 g/mol. The number of nitrogens with one attached hydrogen (secondary N) is 4. The van der Waals surface area contributed by atoms with Gasteiger partial charge in [-0.15, -0.1) is 0 Å². The topological polar surface area (TPSA) is 136 Å². The summed E-state index contributed by atoms with van der Waals surface area (Å²) < 4.78 is 6.89. The second kappa shape index (κ2) is 10.8. The minimum absolute atomic E-state index is 0.0334. The number of hydrogen-bond acceptors (Lipinski definition) is 8. The Balaban J connectivity index is 1.26. The van der Waals surface area contributed by atoms with Gasteiger partial charge >= 0.3 is 5.97 Å². The van der Waals surface area contributed by atoms with Crippen LogP contribution in [0.25, 0.3) is 55.0 Å². The van der Waals surface area contributed by atoms with E-state index in [2.05, 4.69) is 21.3 Å². The summed E-state index contributed by atoms with van der Waals surface area (Å²) in [6, 6.07) is 37.3. The molecule has 6 aromatic carbocycles. The van der Waals surface area contributed by atoms with E-state index < -0.39 is 18.3 Å². The van der Waals surface area contributed by atoms with Gasteiger partial charge in [-0.1, -0.05) is 66.7 Å². The molecule has 0 amide bonds. The fourth-order valence-corrected chi connectivity index (χ4v) is 7.91. The normalized spacial score (nSPS) is 13.9. The molecule has 0 spiro atoms. The Morgan fingerprint density at radius 3 is 1.71 bits per heavy atom. The zero-order valence-electron chi connectivity index (χ0n) is 26.8. The van der Waals surface area contributed by atoms with E-state index in [-0.39, 0.29) is 22.5 Å². The quantitative estimate of drug-likeness (QED) is 0.101. The van der Waals surface area contributed by atoms with Crippen LogP contribution in [0.4, 0.5) is 22.7 Å². The van der Waals surface area contributed by atoms with Crippen LogP contribution in [0.3, 0.4) is 0 Å². The highest BCUT2D eigenvalue weighted by Crippen LogP contribution is 2.49. The molecule has 51 heavy (non-hydrogen) atoms. The summed E-state index contributed by atoms with van der Waals surface area (Å²) in [6.45, 7) is 0. The number of hydrogen-bond donors (Lipinski definition) is 6. The van der Waals surface area contributed by atoms with Crippen molar-refractivity contribution in [3.05, 3.63) is 148 Å². The molecule has 3 heterocycles. The first-order valence-electron chi connectivity index (χ1n) is 16.6. The Hall–Kier alpha value is -7.00. The van der Waals surface area contributed by atoms with E-state index in [1.54, 1.807) is 42.5 Å². The largest absolute Gasteiger partial charge is 0.507 e.